The van der Waals surface area contributed by atoms with Gasteiger partial charge in [0.15, 0.2) is 5.82 Å². The highest BCUT2D eigenvalue weighted by Gasteiger charge is 2.30. The van der Waals surface area contributed by atoms with Crippen molar-refractivity contribution in [2.45, 2.75) is 57.7 Å². The fourth-order valence-electron chi connectivity index (χ4n) is 4.51. The maximum atomic E-state index is 6.24. The van der Waals surface area contributed by atoms with Crippen LogP contribution in [0.15, 0.2) is 42.5 Å². The number of aryl methyl sites for hydroxylation is 1. The molecule has 2 heterocycles. The summed E-state index contributed by atoms with van der Waals surface area (Å²) in [4.78, 5) is 0. The molecule has 0 unspecified atom stereocenters. The van der Waals surface area contributed by atoms with Gasteiger partial charge in [0.05, 0.1) is 18.3 Å². The number of ether oxygens (including phenoxy) is 1. The molecule has 1 aliphatic carbocycles. The van der Waals surface area contributed by atoms with Gasteiger partial charge in [0, 0.05) is 17.5 Å². The number of nitrogens with zero attached hydrogens (tertiary/aromatic N) is 3. The summed E-state index contributed by atoms with van der Waals surface area (Å²) in [5.41, 5.74) is 3.57. The minimum absolute atomic E-state index is 0.271. The highest BCUT2D eigenvalue weighted by Crippen LogP contribution is 2.36. The SMILES string of the molecule is Cc1cccc(OC2CCC(c3nnc4n3-c3ccc(Cl)cc3CNC4)CC2)c1. The minimum Gasteiger partial charge on any atom is -0.490 e. The van der Waals surface area contributed by atoms with Gasteiger partial charge in [-0.3, -0.25) is 4.57 Å². The van der Waals surface area contributed by atoms with E-state index in [0.29, 0.717) is 12.5 Å². The molecule has 1 aromatic heterocycles. The van der Waals surface area contributed by atoms with Gasteiger partial charge in [-0.05, 0) is 74.1 Å². The zero-order valence-corrected chi connectivity index (χ0v) is 17.3. The Morgan fingerprint density at radius 2 is 1.90 bits per heavy atom. The molecular formula is C23H25ClN4O. The fourth-order valence-corrected chi connectivity index (χ4v) is 4.71. The smallest absolute Gasteiger partial charge is 0.151 e. The number of fused-ring (bicyclic) bond motifs is 3. The average Bonchev–Trinajstić information content (AvgIpc) is 3.04. The van der Waals surface area contributed by atoms with Gasteiger partial charge in [-0.25, -0.2) is 0 Å². The molecule has 0 atom stereocenters. The number of nitrogens with one attached hydrogen (secondary N) is 1. The largest absolute Gasteiger partial charge is 0.490 e. The molecule has 1 saturated carbocycles. The normalized spacial score (nSPS) is 21.2. The van der Waals surface area contributed by atoms with E-state index in [4.69, 9.17) is 16.3 Å². The minimum atomic E-state index is 0.271. The lowest BCUT2D eigenvalue weighted by molar-refractivity contribution is 0.144. The van der Waals surface area contributed by atoms with Crippen molar-refractivity contribution >= 4 is 11.6 Å². The molecule has 2 aliphatic rings. The maximum Gasteiger partial charge on any atom is 0.151 e. The van der Waals surface area contributed by atoms with Gasteiger partial charge in [-0.15, -0.1) is 10.2 Å². The van der Waals surface area contributed by atoms with E-state index in [1.807, 2.05) is 18.2 Å². The first kappa shape index (κ1) is 18.6. The van der Waals surface area contributed by atoms with Crippen molar-refractivity contribution in [3.8, 4) is 11.4 Å². The van der Waals surface area contributed by atoms with Crippen LogP contribution in [0.4, 0.5) is 0 Å². The fraction of sp³-hybridized carbons (Fsp3) is 0.391. The van der Waals surface area contributed by atoms with E-state index in [0.717, 1.165) is 60.3 Å². The van der Waals surface area contributed by atoms with Crippen molar-refractivity contribution in [1.29, 1.82) is 0 Å². The van der Waals surface area contributed by atoms with Gasteiger partial charge in [0.25, 0.3) is 0 Å². The molecule has 29 heavy (non-hydrogen) atoms. The van der Waals surface area contributed by atoms with Gasteiger partial charge in [0.2, 0.25) is 0 Å². The van der Waals surface area contributed by atoms with Gasteiger partial charge in [-0.1, -0.05) is 23.7 Å². The van der Waals surface area contributed by atoms with E-state index in [1.54, 1.807) is 0 Å². The second kappa shape index (κ2) is 7.81. The maximum absolute atomic E-state index is 6.24. The van der Waals surface area contributed by atoms with Gasteiger partial charge in [-0.2, -0.15) is 0 Å². The highest BCUT2D eigenvalue weighted by molar-refractivity contribution is 6.30. The first-order valence-corrected chi connectivity index (χ1v) is 10.7. The summed E-state index contributed by atoms with van der Waals surface area (Å²) in [5.74, 6) is 3.41. The molecule has 0 bridgehead atoms. The van der Waals surface area contributed by atoms with Crippen molar-refractivity contribution in [3.63, 3.8) is 0 Å². The predicted molar refractivity (Wildman–Crippen MR) is 114 cm³/mol. The van der Waals surface area contributed by atoms with E-state index in [1.165, 1.54) is 11.1 Å². The van der Waals surface area contributed by atoms with Crippen LogP contribution in [0.25, 0.3) is 5.69 Å². The third-order valence-electron chi connectivity index (χ3n) is 5.97. The monoisotopic (exact) mass is 408 g/mol. The summed E-state index contributed by atoms with van der Waals surface area (Å²) in [6, 6.07) is 14.4. The van der Waals surface area contributed by atoms with Gasteiger partial charge in [0.1, 0.15) is 11.6 Å². The summed E-state index contributed by atoms with van der Waals surface area (Å²) in [6.45, 7) is 3.60. The molecule has 1 aliphatic heterocycles. The lowest BCUT2D eigenvalue weighted by Gasteiger charge is -2.29. The van der Waals surface area contributed by atoms with Gasteiger partial charge >= 0.3 is 0 Å². The molecule has 5 rings (SSSR count). The van der Waals surface area contributed by atoms with Crippen LogP contribution in [0.5, 0.6) is 5.75 Å². The Labute approximate surface area is 176 Å². The number of hydrogen-bond donors (Lipinski definition) is 1. The molecule has 0 radical (unpaired) electrons. The molecule has 2 aromatic carbocycles. The second-order valence-corrected chi connectivity index (χ2v) is 8.53. The number of rotatable bonds is 3. The first-order valence-electron chi connectivity index (χ1n) is 10.3. The summed E-state index contributed by atoms with van der Waals surface area (Å²) in [6.07, 6.45) is 4.46. The molecule has 150 valence electrons. The topological polar surface area (TPSA) is 52.0 Å². The van der Waals surface area contributed by atoms with Crippen LogP contribution in [-0.2, 0) is 13.1 Å². The number of halogens is 1. The molecule has 1 N–H and O–H groups in total. The van der Waals surface area contributed by atoms with Crippen molar-refractivity contribution in [2.75, 3.05) is 0 Å². The third kappa shape index (κ3) is 3.77. The summed E-state index contributed by atoms with van der Waals surface area (Å²) in [7, 11) is 0. The van der Waals surface area contributed by atoms with Crippen LogP contribution in [0.1, 0.15) is 54.4 Å². The summed E-state index contributed by atoms with van der Waals surface area (Å²) >= 11 is 6.23. The standard InChI is InChI=1S/C23H25ClN4O/c1-15-3-2-4-20(11-15)29-19-8-5-16(6-9-19)23-27-26-22-14-25-13-17-12-18(24)7-10-21(17)28(22)23/h2-4,7,10-12,16,19,25H,5-6,8-9,13-14H2,1H3. The van der Waals surface area contributed by atoms with E-state index in [9.17, 15) is 0 Å². The Morgan fingerprint density at radius 1 is 1.03 bits per heavy atom. The zero-order valence-electron chi connectivity index (χ0n) is 16.6. The van der Waals surface area contributed by atoms with Crippen molar-refractivity contribution in [1.82, 2.24) is 20.1 Å². The van der Waals surface area contributed by atoms with Crippen LogP contribution < -0.4 is 10.1 Å². The Kier molecular flexibility index (Phi) is 5.02. The molecule has 0 amide bonds. The molecule has 6 heteroatoms. The van der Waals surface area contributed by atoms with E-state index < -0.39 is 0 Å². The van der Waals surface area contributed by atoms with Crippen molar-refractivity contribution in [2.24, 2.45) is 0 Å². The molecular weight excluding hydrogens is 384 g/mol. The zero-order chi connectivity index (χ0) is 19.8. The predicted octanol–water partition coefficient (Wildman–Crippen LogP) is 4.94. The highest BCUT2D eigenvalue weighted by atomic mass is 35.5. The number of hydrogen-bond acceptors (Lipinski definition) is 4. The first-order chi connectivity index (χ1) is 14.2. The van der Waals surface area contributed by atoms with Crippen LogP contribution in [-0.4, -0.2) is 20.9 Å². The average molecular weight is 409 g/mol. The molecule has 1 fully saturated rings. The Hall–Kier alpha value is -2.37. The molecule has 0 spiro atoms. The van der Waals surface area contributed by atoms with E-state index >= 15 is 0 Å². The molecule has 3 aromatic rings. The van der Waals surface area contributed by atoms with Crippen LogP contribution in [0.2, 0.25) is 5.02 Å². The van der Waals surface area contributed by atoms with E-state index in [2.05, 4.69) is 51.3 Å². The Bertz CT molecular complexity index is 1020. The van der Waals surface area contributed by atoms with Crippen LogP contribution in [0, 0.1) is 6.92 Å². The van der Waals surface area contributed by atoms with Crippen LogP contribution in [0.3, 0.4) is 0 Å². The number of benzene rings is 2. The van der Waals surface area contributed by atoms with Crippen molar-refractivity contribution in [3.05, 3.63) is 70.3 Å². The molecule has 5 nitrogen and oxygen atoms in total. The van der Waals surface area contributed by atoms with Crippen LogP contribution >= 0.6 is 11.6 Å². The Balaban J connectivity index is 1.35. The molecule has 0 saturated heterocycles. The number of aromatic nitrogens is 3. The summed E-state index contributed by atoms with van der Waals surface area (Å²) in [5, 5.41) is 13.3. The van der Waals surface area contributed by atoms with Crippen molar-refractivity contribution < 1.29 is 4.74 Å². The summed E-state index contributed by atoms with van der Waals surface area (Å²) < 4.78 is 8.48. The van der Waals surface area contributed by atoms with E-state index in [-0.39, 0.29) is 6.10 Å². The van der Waals surface area contributed by atoms with Gasteiger partial charge < -0.3 is 10.1 Å². The lowest BCUT2D eigenvalue weighted by atomic mass is 9.86. The lowest BCUT2D eigenvalue weighted by Crippen LogP contribution is -2.25. The quantitative estimate of drug-likeness (QED) is 0.667. The Morgan fingerprint density at radius 3 is 2.72 bits per heavy atom. The third-order valence-corrected chi connectivity index (χ3v) is 6.20. The second-order valence-electron chi connectivity index (χ2n) is 8.09.